The van der Waals surface area contributed by atoms with Crippen molar-refractivity contribution in [2.24, 2.45) is 5.41 Å². The highest BCUT2D eigenvalue weighted by Gasteiger charge is 2.07. The highest BCUT2D eigenvalue weighted by atomic mass is 14.8. The van der Waals surface area contributed by atoms with Crippen LogP contribution in [0.1, 0.15) is 27.2 Å². The van der Waals surface area contributed by atoms with E-state index in [0.29, 0.717) is 5.41 Å². The lowest BCUT2D eigenvalue weighted by Crippen LogP contribution is -2.15. The van der Waals surface area contributed by atoms with Gasteiger partial charge in [0.2, 0.25) is 0 Å². The Morgan fingerprint density at radius 2 is 2.00 bits per heavy atom. The van der Waals surface area contributed by atoms with Crippen molar-refractivity contribution < 1.29 is 0 Å². The Morgan fingerprint density at radius 1 is 1.44 bits per heavy atom. The summed E-state index contributed by atoms with van der Waals surface area (Å²) in [6.45, 7) is 11.3. The minimum Gasteiger partial charge on any atom is -0.391 e. The molecule has 0 aliphatic heterocycles. The first kappa shape index (κ1) is 8.54. The van der Waals surface area contributed by atoms with Crippen molar-refractivity contribution in [3.8, 4) is 0 Å². The molecule has 0 aliphatic rings. The van der Waals surface area contributed by atoms with Crippen LogP contribution in [0.3, 0.4) is 0 Å². The van der Waals surface area contributed by atoms with Crippen LogP contribution in [0.4, 0.5) is 0 Å². The number of rotatable bonds is 3. The Balaban J connectivity index is 3.17. The second-order valence-corrected chi connectivity index (χ2v) is 3.47. The van der Waals surface area contributed by atoms with Crippen LogP contribution < -0.4 is 5.32 Å². The highest BCUT2D eigenvalue weighted by molar-refractivity contribution is 4.67. The van der Waals surface area contributed by atoms with E-state index in [1.54, 1.807) is 6.20 Å². The largest absolute Gasteiger partial charge is 0.391 e. The van der Waals surface area contributed by atoms with Gasteiger partial charge in [0.15, 0.2) is 0 Å². The second-order valence-electron chi connectivity index (χ2n) is 3.47. The molecule has 0 heterocycles. The quantitative estimate of drug-likeness (QED) is 0.573. The van der Waals surface area contributed by atoms with Crippen LogP contribution >= 0.6 is 0 Å². The van der Waals surface area contributed by atoms with Gasteiger partial charge in [0.1, 0.15) is 0 Å². The normalized spacial score (nSPS) is 11.0. The molecular formula is C8H17N. The summed E-state index contributed by atoms with van der Waals surface area (Å²) >= 11 is 0. The average molecular weight is 127 g/mol. The number of hydrogen-bond acceptors (Lipinski definition) is 1. The molecule has 0 aromatic rings. The second kappa shape index (κ2) is 3.54. The van der Waals surface area contributed by atoms with E-state index in [4.69, 9.17) is 0 Å². The standard InChI is InChI=1S/C8H17N/c1-5-9-7-6-8(2,3)4/h5,9H,1,6-7H2,2-4H3. The van der Waals surface area contributed by atoms with Gasteiger partial charge in [-0.2, -0.15) is 0 Å². The fourth-order valence-corrected chi connectivity index (χ4v) is 0.549. The topological polar surface area (TPSA) is 12.0 Å². The van der Waals surface area contributed by atoms with E-state index in [0.717, 1.165) is 6.54 Å². The Bertz CT molecular complexity index is 79.1. The summed E-state index contributed by atoms with van der Waals surface area (Å²) in [5, 5.41) is 3.07. The Labute approximate surface area is 58.2 Å². The lowest BCUT2D eigenvalue weighted by molar-refractivity contribution is 0.376. The molecular weight excluding hydrogens is 110 g/mol. The molecule has 1 N–H and O–H groups in total. The molecule has 0 saturated heterocycles. The lowest BCUT2D eigenvalue weighted by Gasteiger charge is -2.17. The first-order valence-corrected chi connectivity index (χ1v) is 3.40. The van der Waals surface area contributed by atoms with Gasteiger partial charge in [0, 0.05) is 6.54 Å². The van der Waals surface area contributed by atoms with Gasteiger partial charge in [-0.25, -0.2) is 0 Å². The van der Waals surface area contributed by atoms with Crippen molar-refractivity contribution in [2.75, 3.05) is 6.54 Å². The first-order valence-electron chi connectivity index (χ1n) is 3.40. The molecule has 54 valence electrons. The molecule has 0 fully saturated rings. The van der Waals surface area contributed by atoms with Crippen molar-refractivity contribution in [3.05, 3.63) is 12.8 Å². The maximum atomic E-state index is 3.57. The number of hydrogen-bond donors (Lipinski definition) is 1. The predicted octanol–water partition coefficient (Wildman–Crippen LogP) is 2.16. The average Bonchev–Trinajstić information content (AvgIpc) is 1.63. The molecule has 0 radical (unpaired) electrons. The molecule has 0 aromatic carbocycles. The zero-order valence-electron chi connectivity index (χ0n) is 6.70. The van der Waals surface area contributed by atoms with Crippen molar-refractivity contribution in [2.45, 2.75) is 27.2 Å². The van der Waals surface area contributed by atoms with Gasteiger partial charge in [0.05, 0.1) is 0 Å². The Morgan fingerprint density at radius 3 is 2.33 bits per heavy atom. The van der Waals surface area contributed by atoms with Crippen LogP contribution in [0.5, 0.6) is 0 Å². The smallest absolute Gasteiger partial charge is 0.0146 e. The van der Waals surface area contributed by atoms with Crippen LogP contribution in [0, 0.1) is 5.41 Å². The van der Waals surface area contributed by atoms with Crippen molar-refractivity contribution in [1.29, 1.82) is 0 Å². The van der Waals surface area contributed by atoms with E-state index < -0.39 is 0 Å². The molecule has 0 aromatic heterocycles. The van der Waals surface area contributed by atoms with Gasteiger partial charge in [-0.05, 0) is 18.0 Å². The fraction of sp³-hybridized carbons (Fsp3) is 0.750. The van der Waals surface area contributed by atoms with Gasteiger partial charge in [-0.15, -0.1) is 0 Å². The van der Waals surface area contributed by atoms with Crippen LogP contribution in [0.25, 0.3) is 0 Å². The molecule has 1 heteroatoms. The fourth-order valence-electron chi connectivity index (χ4n) is 0.549. The van der Waals surface area contributed by atoms with E-state index in [9.17, 15) is 0 Å². The molecule has 0 aliphatic carbocycles. The molecule has 0 rings (SSSR count). The summed E-state index contributed by atoms with van der Waals surface area (Å²) < 4.78 is 0. The SMILES string of the molecule is C=CNCCC(C)(C)C. The van der Waals surface area contributed by atoms with Crippen LogP contribution in [-0.2, 0) is 0 Å². The van der Waals surface area contributed by atoms with Gasteiger partial charge < -0.3 is 5.32 Å². The van der Waals surface area contributed by atoms with Crippen LogP contribution in [-0.4, -0.2) is 6.54 Å². The lowest BCUT2D eigenvalue weighted by atomic mass is 9.92. The molecule has 0 atom stereocenters. The highest BCUT2D eigenvalue weighted by Crippen LogP contribution is 2.16. The monoisotopic (exact) mass is 127 g/mol. The summed E-state index contributed by atoms with van der Waals surface area (Å²) in [5.41, 5.74) is 0.440. The summed E-state index contributed by atoms with van der Waals surface area (Å²) in [4.78, 5) is 0. The molecule has 0 bridgehead atoms. The van der Waals surface area contributed by atoms with E-state index in [-0.39, 0.29) is 0 Å². The minimum atomic E-state index is 0.440. The molecule has 9 heavy (non-hydrogen) atoms. The van der Waals surface area contributed by atoms with E-state index in [2.05, 4.69) is 32.7 Å². The molecule has 0 unspecified atom stereocenters. The Hall–Kier alpha value is -0.460. The first-order chi connectivity index (χ1) is 4.06. The van der Waals surface area contributed by atoms with Gasteiger partial charge in [-0.1, -0.05) is 27.4 Å². The summed E-state index contributed by atoms with van der Waals surface area (Å²) in [6, 6.07) is 0. The zero-order valence-corrected chi connectivity index (χ0v) is 6.70. The van der Waals surface area contributed by atoms with Gasteiger partial charge >= 0.3 is 0 Å². The third-order valence-electron chi connectivity index (χ3n) is 1.16. The maximum Gasteiger partial charge on any atom is 0.0146 e. The molecule has 0 saturated carbocycles. The zero-order chi connectivity index (χ0) is 7.33. The minimum absolute atomic E-state index is 0.440. The summed E-state index contributed by atoms with van der Waals surface area (Å²) in [6.07, 6.45) is 2.94. The summed E-state index contributed by atoms with van der Waals surface area (Å²) in [5.74, 6) is 0. The van der Waals surface area contributed by atoms with E-state index in [1.165, 1.54) is 6.42 Å². The molecule has 0 amide bonds. The molecule has 1 nitrogen and oxygen atoms in total. The molecule has 0 spiro atoms. The summed E-state index contributed by atoms with van der Waals surface area (Å²) in [7, 11) is 0. The third-order valence-corrected chi connectivity index (χ3v) is 1.16. The number of nitrogens with one attached hydrogen (secondary N) is 1. The third kappa shape index (κ3) is 7.54. The Kier molecular flexibility index (Phi) is 3.36. The maximum absolute atomic E-state index is 3.57. The predicted molar refractivity (Wildman–Crippen MR) is 42.3 cm³/mol. The van der Waals surface area contributed by atoms with Crippen LogP contribution in [0.15, 0.2) is 12.8 Å². The van der Waals surface area contributed by atoms with Crippen LogP contribution in [0.2, 0.25) is 0 Å². The van der Waals surface area contributed by atoms with E-state index >= 15 is 0 Å². The van der Waals surface area contributed by atoms with E-state index in [1.807, 2.05) is 0 Å². The van der Waals surface area contributed by atoms with Crippen molar-refractivity contribution >= 4 is 0 Å². The van der Waals surface area contributed by atoms with Crippen molar-refractivity contribution in [3.63, 3.8) is 0 Å². The van der Waals surface area contributed by atoms with Gasteiger partial charge in [-0.3, -0.25) is 0 Å². The van der Waals surface area contributed by atoms with Crippen molar-refractivity contribution in [1.82, 2.24) is 5.32 Å². The van der Waals surface area contributed by atoms with Gasteiger partial charge in [0.25, 0.3) is 0 Å².